The summed E-state index contributed by atoms with van der Waals surface area (Å²) in [5.74, 6) is -2.91. The fraction of sp³-hybridized carbons (Fsp3) is 0.263. The molecule has 0 atom stereocenters. The smallest absolute Gasteiger partial charge is 0.252 e. The van der Waals surface area contributed by atoms with E-state index in [1.54, 1.807) is 17.5 Å². The van der Waals surface area contributed by atoms with Crippen LogP contribution >= 0.6 is 22.7 Å². The highest BCUT2D eigenvalue weighted by molar-refractivity contribution is 7.91. The van der Waals surface area contributed by atoms with Crippen LogP contribution in [0.15, 0.2) is 39.9 Å². The third-order valence-corrected chi connectivity index (χ3v) is 9.19. The summed E-state index contributed by atoms with van der Waals surface area (Å²) in [6.07, 6.45) is 1.07. The molecule has 0 bridgehead atoms. The predicted molar refractivity (Wildman–Crippen MR) is 116 cm³/mol. The van der Waals surface area contributed by atoms with E-state index in [0.717, 1.165) is 23.5 Å². The zero-order valence-corrected chi connectivity index (χ0v) is 18.5. The van der Waals surface area contributed by atoms with Crippen molar-refractivity contribution in [3.63, 3.8) is 0 Å². The SMILES string of the molecule is Nc1nc(NC2CCN(S(=O)(=O)c3cccs3)CC2)sc1C(=O)c1c(F)cccc1F. The van der Waals surface area contributed by atoms with Crippen molar-refractivity contribution in [3.8, 4) is 0 Å². The second-order valence-electron chi connectivity index (χ2n) is 6.91. The molecule has 0 unspecified atom stereocenters. The van der Waals surface area contributed by atoms with Gasteiger partial charge >= 0.3 is 0 Å². The predicted octanol–water partition coefficient (Wildman–Crippen LogP) is 3.56. The van der Waals surface area contributed by atoms with Crippen molar-refractivity contribution in [2.45, 2.75) is 23.1 Å². The number of halogens is 2. The van der Waals surface area contributed by atoms with Gasteiger partial charge in [-0.3, -0.25) is 4.79 Å². The molecule has 0 aliphatic carbocycles. The number of thiazole rings is 1. The molecule has 0 radical (unpaired) electrons. The Balaban J connectivity index is 1.43. The van der Waals surface area contributed by atoms with Crippen molar-refractivity contribution in [2.75, 3.05) is 24.1 Å². The van der Waals surface area contributed by atoms with Gasteiger partial charge in [0.1, 0.15) is 26.5 Å². The third-order valence-electron chi connectivity index (χ3n) is 4.92. The van der Waals surface area contributed by atoms with Crippen LogP contribution in [0, 0.1) is 11.6 Å². The van der Waals surface area contributed by atoms with Gasteiger partial charge in [0.05, 0.1) is 5.56 Å². The Labute approximate surface area is 185 Å². The third kappa shape index (κ3) is 4.33. The van der Waals surface area contributed by atoms with Gasteiger partial charge in [0.15, 0.2) is 5.13 Å². The molecule has 3 heterocycles. The number of benzene rings is 1. The van der Waals surface area contributed by atoms with Gasteiger partial charge < -0.3 is 11.1 Å². The normalized spacial score (nSPS) is 15.8. The van der Waals surface area contributed by atoms with E-state index in [-0.39, 0.29) is 16.7 Å². The van der Waals surface area contributed by atoms with E-state index in [1.165, 1.54) is 21.7 Å². The number of carbonyl (C=O) groups excluding carboxylic acids is 1. The Morgan fingerprint density at radius 3 is 2.45 bits per heavy atom. The molecule has 3 aromatic rings. The van der Waals surface area contributed by atoms with Crippen molar-refractivity contribution in [3.05, 3.63) is 57.8 Å². The zero-order valence-electron chi connectivity index (χ0n) is 16.0. The van der Waals surface area contributed by atoms with E-state index < -0.39 is 33.0 Å². The first-order valence-electron chi connectivity index (χ1n) is 9.32. The summed E-state index contributed by atoms with van der Waals surface area (Å²) < 4.78 is 54.9. The Morgan fingerprint density at radius 2 is 1.84 bits per heavy atom. The maximum absolute atomic E-state index is 13.9. The van der Waals surface area contributed by atoms with Gasteiger partial charge in [-0.25, -0.2) is 22.2 Å². The summed E-state index contributed by atoms with van der Waals surface area (Å²) in [7, 11) is -3.49. The highest BCUT2D eigenvalue weighted by Gasteiger charge is 2.31. The van der Waals surface area contributed by atoms with Gasteiger partial charge in [0.25, 0.3) is 10.0 Å². The summed E-state index contributed by atoms with van der Waals surface area (Å²) >= 11 is 2.10. The molecule has 1 aliphatic rings. The maximum Gasteiger partial charge on any atom is 0.252 e. The largest absolute Gasteiger partial charge is 0.382 e. The lowest BCUT2D eigenvalue weighted by molar-refractivity contribution is 0.103. The molecular formula is C19H18F2N4O3S3. The van der Waals surface area contributed by atoms with Gasteiger partial charge in [-0.1, -0.05) is 23.5 Å². The first kappa shape index (κ1) is 21.8. The number of hydrogen-bond acceptors (Lipinski definition) is 8. The molecule has 7 nitrogen and oxygen atoms in total. The van der Waals surface area contributed by atoms with Crippen molar-refractivity contribution < 1.29 is 22.0 Å². The van der Waals surface area contributed by atoms with Gasteiger partial charge in [-0.05, 0) is 36.4 Å². The van der Waals surface area contributed by atoms with Crippen molar-refractivity contribution in [1.29, 1.82) is 0 Å². The summed E-state index contributed by atoms with van der Waals surface area (Å²) in [6.45, 7) is 0.677. The molecule has 4 rings (SSSR count). The van der Waals surface area contributed by atoms with Crippen LogP contribution in [0.5, 0.6) is 0 Å². The topological polar surface area (TPSA) is 105 Å². The van der Waals surface area contributed by atoms with Crippen LogP contribution in [0.1, 0.15) is 28.1 Å². The number of thiophene rings is 1. The fourth-order valence-corrected chi connectivity index (χ4v) is 6.86. The van der Waals surface area contributed by atoms with E-state index in [9.17, 15) is 22.0 Å². The zero-order chi connectivity index (χ0) is 22.2. The van der Waals surface area contributed by atoms with Crippen LogP contribution in [-0.2, 0) is 10.0 Å². The van der Waals surface area contributed by atoms with Crippen LogP contribution < -0.4 is 11.1 Å². The number of nitrogen functional groups attached to an aromatic ring is 1. The van der Waals surface area contributed by atoms with Gasteiger partial charge in [-0.2, -0.15) is 4.31 Å². The molecule has 1 aliphatic heterocycles. The molecular weight excluding hydrogens is 466 g/mol. The van der Waals surface area contributed by atoms with Crippen LogP contribution in [-0.4, -0.2) is 42.6 Å². The fourth-order valence-electron chi connectivity index (χ4n) is 3.34. The number of sulfonamides is 1. The molecule has 0 spiro atoms. The van der Waals surface area contributed by atoms with Crippen LogP contribution in [0.4, 0.5) is 19.7 Å². The second-order valence-corrected chi connectivity index (χ2v) is 11.0. The highest BCUT2D eigenvalue weighted by atomic mass is 32.2. The minimum Gasteiger partial charge on any atom is -0.382 e. The number of carbonyl (C=O) groups is 1. The molecule has 1 fully saturated rings. The van der Waals surface area contributed by atoms with Gasteiger partial charge in [0, 0.05) is 19.1 Å². The Hall–Kier alpha value is -2.41. The summed E-state index contributed by atoms with van der Waals surface area (Å²) in [4.78, 5) is 16.6. The molecule has 164 valence electrons. The number of nitrogens with zero attached hydrogens (tertiary/aromatic N) is 2. The number of aromatic nitrogens is 1. The number of nitrogens with one attached hydrogen (secondary N) is 1. The van der Waals surface area contributed by atoms with E-state index in [4.69, 9.17) is 5.73 Å². The van der Waals surface area contributed by atoms with E-state index in [1.807, 2.05) is 0 Å². The minimum atomic E-state index is -3.49. The molecule has 31 heavy (non-hydrogen) atoms. The molecule has 0 amide bonds. The molecule has 1 aromatic carbocycles. The second kappa shape index (κ2) is 8.61. The number of nitrogens with two attached hydrogens (primary N) is 1. The number of hydrogen-bond donors (Lipinski definition) is 2. The number of rotatable bonds is 6. The standard InChI is InChI=1S/C19H18F2N4O3S3/c20-12-3-1-4-13(21)15(12)16(26)17-18(22)24-19(30-17)23-11-6-8-25(9-7-11)31(27,28)14-5-2-10-29-14/h1-5,10-11H,6-9,22H2,(H,23,24). The van der Waals surface area contributed by atoms with Crippen LogP contribution in [0.25, 0.3) is 0 Å². The van der Waals surface area contributed by atoms with Crippen molar-refractivity contribution >= 4 is 49.4 Å². The van der Waals surface area contributed by atoms with Gasteiger partial charge in [0.2, 0.25) is 5.78 Å². The Morgan fingerprint density at radius 1 is 1.16 bits per heavy atom. The molecule has 12 heteroatoms. The lowest BCUT2D eigenvalue weighted by atomic mass is 10.1. The number of anilines is 2. The van der Waals surface area contributed by atoms with Crippen LogP contribution in [0.3, 0.4) is 0 Å². The van der Waals surface area contributed by atoms with Crippen molar-refractivity contribution in [2.24, 2.45) is 0 Å². The van der Waals surface area contributed by atoms with Crippen molar-refractivity contribution in [1.82, 2.24) is 9.29 Å². The molecule has 2 aromatic heterocycles. The molecule has 0 saturated carbocycles. The summed E-state index contributed by atoms with van der Waals surface area (Å²) in [5.41, 5.74) is 5.16. The lowest BCUT2D eigenvalue weighted by Gasteiger charge is -2.31. The maximum atomic E-state index is 13.9. The highest BCUT2D eigenvalue weighted by Crippen LogP contribution is 2.31. The summed E-state index contributed by atoms with van der Waals surface area (Å²) in [5, 5.41) is 5.22. The summed E-state index contributed by atoms with van der Waals surface area (Å²) in [6, 6.07) is 6.39. The average Bonchev–Trinajstić information content (AvgIpc) is 3.39. The number of ketones is 1. The quantitative estimate of drug-likeness (QED) is 0.519. The average molecular weight is 485 g/mol. The van der Waals surface area contributed by atoms with E-state index in [2.05, 4.69) is 10.3 Å². The first-order valence-corrected chi connectivity index (χ1v) is 12.5. The van der Waals surface area contributed by atoms with Gasteiger partial charge in [-0.15, -0.1) is 11.3 Å². The monoisotopic (exact) mass is 484 g/mol. The lowest BCUT2D eigenvalue weighted by Crippen LogP contribution is -2.42. The number of piperidine rings is 1. The van der Waals surface area contributed by atoms with E-state index in [0.29, 0.717) is 35.3 Å². The first-order chi connectivity index (χ1) is 14.8. The van der Waals surface area contributed by atoms with Crippen LogP contribution in [0.2, 0.25) is 0 Å². The molecule has 3 N–H and O–H groups in total. The van der Waals surface area contributed by atoms with E-state index >= 15 is 0 Å². The minimum absolute atomic E-state index is 0.0517. The molecule has 1 saturated heterocycles. The Kier molecular flexibility index (Phi) is 6.06. The Bertz CT molecular complexity index is 1180.